The Morgan fingerprint density at radius 1 is 1.19 bits per heavy atom. The van der Waals surface area contributed by atoms with Crippen molar-refractivity contribution in [2.24, 2.45) is 0 Å². The van der Waals surface area contributed by atoms with Crippen molar-refractivity contribution in [3.63, 3.8) is 0 Å². The number of hydrogen-bond donors (Lipinski definition) is 0. The van der Waals surface area contributed by atoms with Crippen molar-refractivity contribution in [3.05, 3.63) is 74.3 Å². The molecule has 2 aromatic carbocycles. The molecule has 2 heterocycles. The quantitative estimate of drug-likeness (QED) is 0.262. The van der Waals surface area contributed by atoms with E-state index in [1.54, 1.807) is 28.7 Å². The number of esters is 1. The number of aryl methyl sites for hydroxylation is 1. The normalized spacial score (nSPS) is 11.0. The molecule has 0 aliphatic heterocycles. The van der Waals surface area contributed by atoms with Gasteiger partial charge in [0.15, 0.2) is 11.6 Å². The number of benzene rings is 2. The smallest absolute Gasteiger partial charge is 0.337 e. The number of methoxy groups -OCH3 is 1. The van der Waals surface area contributed by atoms with E-state index in [1.165, 1.54) is 29.9 Å². The Morgan fingerprint density at radius 3 is 2.68 bits per heavy atom. The van der Waals surface area contributed by atoms with Gasteiger partial charge in [-0.3, -0.25) is 23.9 Å². The number of aromatic nitrogens is 4. The number of carbonyl (C=O) groups excluding carboxylic acids is 1. The minimum Gasteiger partial charge on any atom is -0.479 e. The van der Waals surface area contributed by atoms with Crippen molar-refractivity contribution >= 4 is 28.3 Å². The summed E-state index contributed by atoms with van der Waals surface area (Å²) in [7, 11) is 1.21. The summed E-state index contributed by atoms with van der Waals surface area (Å²) in [5.41, 5.74) is 0.205. The first kappa shape index (κ1) is 20.0. The van der Waals surface area contributed by atoms with Crippen molar-refractivity contribution < 1.29 is 19.2 Å². The fraction of sp³-hybridized carbons (Fsp3) is 0.200. The van der Waals surface area contributed by atoms with Gasteiger partial charge in [-0.05, 0) is 25.1 Å². The maximum absolute atomic E-state index is 12.7. The highest BCUT2D eigenvalue weighted by atomic mass is 16.6. The van der Waals surface area contributed by atoms with Gasteiger partial charge in [-0.25, -0.2) is 4.79 Å². The number of ether oxygens (including phenoxy) is 2. The second-order valence-corrected chi connectivity index (χ2v) is 6.54. The summed E-state index contributed by atoms with van der Waals surface area (Å²) in [6.45, 7) is 2.03. The monoisotopic (exact) mass is 423 g/mol. The SMILES string of the molecule is CCn1c(=O)c2ccccc2n2c(COc3cc(C(=O)OC)ccc3[N+](=O)[O-])nnc12. The molecule has 0 aliphatic rings. The van der Waals surface area contributed by atoms with Crippen molar-refractivity contribution in [2.45, 2.75) is 20.1 Å². The third kappa shape index (κ3) is 3.35. The first-order valence-corrected chi connectivity index (χ1v) is 9.31. The summed E-state index contributed by atoms with van der Waals surface area (Å²) in [4.78, 5) is 35.3. The van der Waals surface area contributed by atoms with Gasteiger partial charge in [0, 0.05) is 18.7 Å². The zero-order valence-corrected chi connectivity index (χ0v) is 16.6. The zero-order chi connectivity index (χ0) is 22.1. The molecule has 4 rings (SSSR count). The highest BCUT2D eigenvalue weighted by molar-refractivity contribution is 5.90. The first-order chi connectivity index (χ1) is 15.0. The van der Waals surface area contributed by atoms with Crippen LogP contribution < -0.4 is 10.3 Å². The fourth-order valence-corrected chi connectivity index (χ4v) is 3.36. The third-order valence-corrected chi connectivity index (χ3v) is 4.83. The van der Waals surface area contributed by atoms with Gasteiger partial charge < -0.3 is 9.47 Å². The van der Waals surface area contributed by atoms with Crippen LogP contribution in [-0.2, 0) is 17.9 Å². The van der Waals surface area contributed by atoms with Crippen molar-refractivity contribution in [1.29, 1.82) is 0 Å². The number of nitrogens with zero attached hydrogens (tertiary/aromatic N) is 5. The van der Waals surface area contributed by atoms with Gasteiger partial charge in [-0.15, -0.1) is 10.2 Å². The van der Waals surface area contributed by atoms with Crippen LogP contribution in [0.4, 0.5) is 5.69 Å². The summed E-state index contributed by atoms with van der Waals surface area (Å²) >= 11 is 0. The molecule has 0 fully saturated rings. The Kier molecular flexibility index (Phi) is 5.07. The molecule has 2 aromatic heterocycles. The lowest BCUT2D eigenvalue weighted by atomic mass is 10.2. The molecule has 0 radical (unpaired) electrons. The molecule has 0 unspecified atom stereocenters. The van der Waals surface area contributed by atoms with Crippen molar-refractivity contribution in [2.75, 3.05) is 7.11 Å². The summed E-state index contributed by atoms with van der Waals surface area (Å²) in [6.07, 6.45) is 0. The van der Waals surface area contributed by atoms with Gasteiger partial charge in [0.05, 0.1) is 28.5 Å². The maximum Gasteiger partial charge on any atom is 0.337 e. The van der Waals surface area contributed by atoms with Crippen LogP contribution in [0.2, 0.25) is 0 Å². The molecular weight excluding hydrogens is 406 g/mol. The van der Waals surface area contributed by atoms with E-state index >= 15 is 0 Å². The predicted molar refractivity (Wildman–Crippen MR) is 109 cm³/mol. The van der Waals surface area contributed by atoms with Crippen LogP contribution in [0.1, 0.15) is 23.1 Å². The molecule has 0 saturated carbocycles. The highest BCUT2D eigenvalue weighted by Crippen LogP contribution is 2.29. The standard InChI is InChI=1S/C20H17N5O6/c1-3-23-18(26)13-6-4-5-7-14(13)24-17(21-22-20(23)24)11-31-16-10-12(19(27)30-2)8-9-15(16)25(28)29/h4-10H,3,11H2,1-2H3. The molecule has 0 saturated heterocycles. The van der Waals surface area contributed by atoms with Crippen molar-refractivity contribution in [3.8, 4) is 5.75 Å². The number of hydrogen-bond acceptors (Lipinski definition) is 8. The lowest BCUT2D eigenvalue weighted by Gasteiger charge is -2.10. The summed E-state index contributed by atoms with van der Waals surface area (Å²) in [5, 5.41) is 20.1. The van der Waals surface area contributed by atoms with E-state index in [0.717, 1.165) is 0 Å². The van der Waals surface area contributed by atoms with E-state index in [9.17, 15) is 19.7 Å². The Bertz CT molecular complexity index is 1390. The van der Waals surface area contributed by atoms with Crippen LogP contribution in [0.15, 0.2) is 47.3 Å². The van der Waals surface area contributed by atoms with Gasteiger partial charge in [-0.2, -0.15) is 0 Å². The maximum atomic E-state index is 12.7. The molecule has 31 heavy (non-hydrogen) atoms. The van der Waals surface area contributed by atoms with Gasteiger partial charge in [0.2, 0.25) is 5.78 Å². The minimum atomic E-state index is -0.648. The molecule has 0 amide bonds. The summed E-state index contributed by atoms with van der Waals surface area (Å²) in [6, 6.07) is 10.7. The molecule has 11 heteroatoms. The molecule has 11 nitrogen and oxygen atoms in total. The van der Waals surface area contributed by atoms with Crippen LogP contribution in [0, 0.1) is 10.1 Å². The number of nitro groups is 1. The second-order valence-electron chi connectivity index (χ2n) is 6.54. The van der Waals surface area contributed by atoms with E-state index in [2.05, 4.69) is 14.9 Å². The lowest BCUT2D eigenvalue weighted by molar-refractivity contribution is -0.386. The molecule has 0 N–H and O–H groups in total. The number of para-hydroxylation sites is 1. The van der Waals surface area contributed by atoms with Crippen LogP contribution in [0.25, 0.3) is 16.7 Å². The molecule has 0 spiro atoms. The lowest BCUT2D eigenvalue weighted by Crippen LogP contribution is -2.22. The fourth-order valence-electron chi connectivity index (χ4n) is 3.36. The molecule has 0 bridgehead atoms. The van der Waals surface area contributed by atoms with Crippen molar-refractivity contribution in [1.82, 2.24) is 19.2 Å². The Balaban J connectivity index is 1.81. The van der Waals surface area contributed by atoms with Gasteiger partial charge in [-0.1, -0.05) is 12.1 Å². The zero-order valence-electron chi connectivity index (χ0n) is 16.6. The Morgan fingerprint density at radius 2 is 1.97 bits per heavy atom. The molecular formula is C20H17N5O6. The summed E-state index contributed by atoms with van der Waals surface area (Å²) < 4.78 is 13.5. The Hall–Kier alpha value is -4.28. The van der Waals surface area contributed by atoms with E-state index in [-0.39, 0.29) is 29.2 Å². The minimum absolute atomic E-state index is 0.111. The Labute approximate surface area is 174 Å². The molecule has 4 aromatic rings. The van der Waals surface area contributed by atoms with Gasteiger partial charge >= 0.3 is 11.7 Å². The van der Waals surface area contributed by atoms with Crippen LogP contribution in [-0.4, -0.2) is 37.2 Å². The van der Waals surface area contributed by atoms with Gasteiger partial charge in [0.25, 0.3) is 5.56 Å². The number of carbonyl (C=O) groups is 1. The van der Waals surface area contributed by atoms with E-state index < -0.39 is 10.9 Å². The molecule has 0 aliphatic carbocycles. The predicted octanol–water partition coefficient (Wildman–Crippen LogP) is 2.34. The topological polar surface area (TPSA) is 131 Å². The number of rotatable bonds is 6. The van der Waals surface area contributed by atoms with Crippen LogP contribution >= 0.6 is 0 Å². The summed E-state index contributed by atoms with van der Waals surface area (Å²) in [5.74, 6) is -0.0859. The average molecular weight is 423 g/mol. The largest absolute Gasteiger partial charge is 0.479 e. The number of nitro benzene ring substituents is 1. The average Bonchev–Trinajstić information content (AvgIpc) is 3.21. The molecule has 0 atom stereocenters. The highest BCUT2D eigenvalue weighted by Gasteiger charge is 2.21. The van der Waals surface area contributed by atoms with E-state index in [4.69, 9.17) is 4.74 Å². The second kappa shape index (κ2) is 7.86. The third-order valence-electron chi connectivity index (χ3n) is 4.83. The molecule has 158 valence electrons. The van der Waals surface area contributed by atoms with Crippen LogP contribution in [0.5, 0.6) is 5.75 Å². The van der Waals surface area contributed by atoms with E-state index in [0.29, 0.717) is 29.0 Å². The first-order valence-electron chi connectivity index (χ1n) is 9.31. The van der Waals surface area contributed by atoms with Crippen LogP contribution in [0.3, 0.4) is 0 Å². The van der Waals surface area contributed by atoms with Gasteiger partial charge in [0.1, 0.15) is 6.61 Å². The number of fused-ring (bicyclic) bond motifs is 3. The van der Waals surface area contributed by atoms with E-state index in [1.807, 2.05) is 6.92 Å².